The number of aromatic amines is 1. The van der Waals surface area contributed by atoms with Crippen molar-refractivity contribution in [3.05, 3.63) is 17.5 Å². The number of Topliss-reactive ketones (excluding diaryl/α,β-unsaturated/α-hetero) is 1. The van der Waals surface area contributed by atoms with Gasteiger partial charge in [-0.1, -0.05) is 0 Å². The average Bonchev–Trinajstić information content (AvgIpc) is 2.51. The van der Waals surface area contributed by atoms with Crippen LogP contribution >= 0.6 is 0 Å². The molecule has 0 aliphatic rings. The number of hydrogen-bond donors (Lipinski definition) is 2. The highest BCUT2D eigenvalue weighted by atomic mass is 19.4. The van der Waals surface area contributed by atoms with Crippen LogP contribution in [0.25, 0.3) is 0 Å². The van der Waals surface area contributed by atoms with Gasteiger partial charge in [-0.25, -0.2) is 4.79 Å². The molecule has 0 aromatic carbocycles. The lowest BCUT2D eigenvalue weighted by Crippen LogP contribution is -2.15. The molecule has 0 atom stereocenters. The molecule has 0 unspecified atom stereocenters. The number of carboxylic acids is 1. The van der Waals surface area contributed by atoms with Crippen LogP contribution in [-0.4, -0.2) is 27.1 Å². The highest BCUT2D eigenvalue weighted by Gasteiger charge is 2.34. The Kier molecular flexibility index (Phi) is 2.78. The van der Waals surface area contributed by atoms with E-state index in [0.717, 1.165) is 0 Å². The number of carbonyl (C=O) groups is 2. The molecule has 1 aromatic heterocycles. The third kappa shape index (κ3) is 2.79. The highest BCUT2D eigenvalue weighted by molar-refractivity contribution is 6.33. The molecule has 82 valence electrons. The number of aliphatic carboxylic acids is 1. The Bertz CT molecular complexity index is 396. The van der Waals surface area contributed by atoms with Gasteiger partial charge < -0.3 is 5.11 Å². The van der Waals surface area contributed by atoms with Gasteiger partial charge in [0.05, 0.1) is 6.42 Å². The largest absolute Gasteiger partial charge is 0.475 e. The number of nitrogens with zero attached hydrogens (tertiary/aromatic N) is 1. The van der Waals surface area contributed by atoms with E-state index in [1.807, 2.05) is 5.10 Å². The number of alkyl halides is 3. The van der Waals surface area contributed by atoms with Crippen molar-refractivity contribution >= 4 is 11.8 Å². The zero-order chi connectivity index (χ0) is 11.6. The van der Waals surface area contributed by atoms with Crippen molar-refractivity contribution in [2.75, 3.05) is 0 Å². The smallest absolute Gasteiger partial charge is 0.435 e. The minimum Gasteiger partial charge on any atom is -0.475 e. The molecule has 0 fully saturated rings. The number of aromatic nitrogens is 2. The fraction of sp³-hybridized carbons (Fsp3) is 0.286. The predicted octanol–water partition coefficient (Wildman–Crippen LogP) is 0.625. The van der Waals surface area contributed by atoms with Crippen molar-refractivity contribution in [2.24, 2.45) is 0 Å². The normalized spacial score (nSPS) is 11.4. The van der Waals surface area contributed by atoms with E-state index >= 15 is 0 Å². The standard InChI is InChI=1S/C7H5F3N2O3/c8-7(9,10)5-2-3(11-12-5)1-4(13)6(14)15/h2H,1H2,(H,11,12)(H,14,15). The second-order valence-corrected chi connectivity index (χ2v) is 2.68. The van der Waals surface area contributed by atoms with Crippen molar-refractivity contribution in [1.82, 2.24) is 10.2 Å². The average molecular weight is 222 g/mol. The van der Waals surface area contributed by atoms with E-state index in [-0.39, 0.29) is 5.69 Å². The van der Waals surface area contributed by atoms with Crippen LogP contribution in [0, 0.1) is 0 Å². The van der Waals surface area contributed by atoms with Gasteiger partial charge in [0.15, 0.2) is 5.69 Å². The molecule has 0 spiro atoms. The molecule has 0 saturated carbocycles. The number of halogens is 3. The van der Waals surface area contributed by atoms with E-state index in [9.17, 15) is 22.8 Å². The number of ketones is 1. The van der Waals surface area contributed by atoms with E-state index < -0.39 is 30.0 Å². The summed E-state index contributed by atoms with van der Waals surface area (Å²) in [5.74, 6) is -2.90. The number of carboxylic acid groups (broad SMARTS) is 1. The minimum absolute atomic E-state index is 0.185. The number of rotatable bonds is 3. The number of carbonyl (C=O) groups excluding carboxylic acids is 1. The number of hydrogen-bond acceptors (Lipinski definition) is 3. The fourth-order valence-corrected chi connectivity index (χ4v) is 0.846. The summed E-state index contributed by atoms with van der Waals surface area (Å²) in [5.41, 5.74) is -1.37. The van der Waals surface area contributed by atoms with Gasteiger partial charge in [-0.2, -0.15) is 18.3 Å². The molecule has 0 bridgehead atoms. The van der Waals surface area contributed by atoms with E-state index in [1.165, 1.54) is 0 Å². The second-order valence-electron chi connectivity index (χ2n) is 2.68. The van der Waals surface area contributed by atoms with Crippen molar-refractivity contribution in [3.63, 3.8) is 0 Å². The quantitative estimate of drug-likeness (QED) is 0.734. The lowest BCUT2D eigenvalue weighted by atomic mass is 10.2. The van der Waals surface area contributed by atoms with E-state index in [0.29, 0.717) is 6.07 Å². The molecule has 1 heterocycles. The summed E-state index contributed by atoms with van der Waals surface area (Å²) in [6.07, 6.45) is -5.25. The van der Waals surface area contributed by atoms with Crippen LogP contribution in [0.1, 0.15) is 11.4 Å². The first-order valence-corrected chi connectivity index (χ1v) is 3.68. The van der Waals surface area contributed by atoms with Crippen LogP contribution < -0.4 is 0 Å². The summed E-state index contributed by atoms with van der Waals surface area (Å²) in [6.45, 7) is 0. The Balaban J connectivity index is 2.78. The van der Waals surface area contributed by atoms with Gasteiger partial charge in [0, 0.05) is 5.69 Å². The summed E-state index contributed by atoms with van der Waals surface area (Å²) >= 11 is 0. The lowest BCUT2D eigenvalue weighted by molar-refractivity contribution is -0.148. The first-order valence-electron chi connectivity index (χ1n) is 3.68. The molecule has 5 nitrogen and oxygen atoms in total. The molecular weight excluding hydrogens is 217 g/mol. The first-order chi connectivity index (χ1) is 6.80. The molecule has 15 heavy (non-hydrogen) atoms. The van der Waals surface area contributed by atoms with Crippen molar-refractivity contribution in [2.45, 2.75) is 12.6 Å². The van der Waals surface area contributed by atoms with Crippen LogP contribution in [0.2, 0.25) is 0 Å². The molecular formula is C7H5F3N2O3. The summed E-state index contributed by atoms with van der Waals surface area (Å²) in [4.78, 5) is 20.7. The van der Waals surface area contributed by atoms with E-state index in [4.69, 9.17) is 5.11 Å². The molecule has 2 N–H and O–H groups in total. The Morgan fingerprint density at radius 3 is 2.47 bits per heavy atom. The molecule has 1 aromatic rings. The maximum Gasteiger partial charge on any atom is 0.435 e. The van der Waals surface area contributed by atoms with Gasteiger partial charge in [0.25, 0.3) is 0 Å². The Hall–Kier alpha value is -1.86. The topological polar surface area (TPSA) is 83.0 Å². The van der Waals surface area contributed by atoms with Gasteiger partial charge >= 0.3 is 12.1 Å². The summed E-state index contributed by atoms with van der Waals surface area (Å²) in [5, 5.41) is 13.1. The third-order valence-electron chi connectivity index (χ3n) is 1.51. The minimum atomic E-state index is -4.61. The van der Waals surface area contributed by atoms with E-state index in [2.05, 4.69) is 5.10 Å². The van der Waals surface area contributed by atoms with Crippen LogP contribution in [0.15, 0.2) is 6.07 Å². The highest BCUT2D eigenvalue weighted by Crippen LogP contribution is 2.27. The van der Waals surface area contributed by atoms with Crippen molar-refractivity contribution in [1.29, 1.82) is 0 Å². The molecule has 0 aliphatic carbocycles. The fourth-order valence-electron chi connectivity index (χ4n) is 0.846. The van der Waals surface area contributed by atoms with Crippen molar-refractivity contribution in [3.8, 4) is 0 Å². The first kappa shape index (κ1) is 11.2. The zero-order valence-corrected chi connectivity index (χ0v) is 7.13. The van der Waals surface area contributed by atoms with Crippen molar-refractivity contribution < 1.29 is 27.9 Å². The number of nitrogens with one attached hydrogen (secondary N) is 1. The Labute approximate surface area is 80.9 Å². The molecule has 0 radical (unpaired) electrons. The Morgan fingerprint density at radius 1 is 1.47 bits per heavy atom. The molecule has 0 amide bonds. The summed E-state index contributed by atoms with van der Waals surface area (Å²) < 4.78 is 36.0. The third-order valence-corrected chi connectivity index (χ3v) is 1.51. The van der Waals surface area contributed by atoms with E-state index in [1.54, 1.807) is 0 Å². The van der Waals surface area contributed by atoms with Gasteiger partial charge in [-0.15, -0.1) is 0 Å². The molecule has 0 aliphatic heterocycles. The molecule has 1 rings (SSSR count). The molecule has 0 saturated heterocycles. The van der Waals surface area contributed by atoms with Crippen LogP contribution in [0.4, 0.5) is 13.2 Å². The monoisotopic (exact) mass is 222 g/mol. The molecule has 8 heteroatoms. The maximum absolute atomic E-state index is 12.0. The van der Waals surface area contributed by atoms with Gasteiger partial charge in [0.2, 0.25) is 5.78 Å². The summed E-state index contributed by atoms with van der Waals surface area (Å²) in [7, 11) is 0. The van der Waals surface area contributed by atoms with Gasteiger partial charge in [-0.3, -0.25) is 9.89 Å². The van der Waals surface area contributed by atoms with Crippen LogP contribution in [0.5, 0.6) is 0 Å². The second kappa shape index (κ2) is 3.71. The Morgan fingerprint density at radius 2 is 2.07 bits per heavy atom. The summed E-state index contributed by atoms with van der Waals surface area (Å²) in [6, 6.07) is 0.598. The SMILES string of the molecule is O=C(O)C(=O)Cc1cc(C(F)(F)F)n[nH]1. The van der Waals surface area contributed by atoms with Gasteiger partial charge in [-0.05, 0) is 6.07 Å². The van der Waals surface area contributed by atoms with Gasteiger partial charge in [0.1, 0.15) is 0 Å². The predicted molar refractivity (Wildman–Crippen MR) is 39.9 cm³/mol. The van der Waals surface area contributed by atoms with Crippen LogP contribution in [-0.2, 0) is 22.2 Å². The number of H-pyrrole nitrogens is 1. The van der Waals surface area contributed by atoms with Crippen LogP contribution in [0.3, 0.4) is 0 Å². The maximum atomic E-state index is 12.0. The lowest BCUT2D eigenvalue weighted by Gasteiger charge is -1.98. The zero-order valence-electron chi connectivity index (χ0n) is 7.13.